The number of hydrogen-bond acceptors (Lipinski definition) is 4. The molecule has 0 amide bonds. The number of carboxylic acids is 1. The van der Waals surface area contributed by atoms with Crippen LogP contribution in [0.1, 0.15) is 36.9 Å². The Bertz CT molecular complexity index is 338. The summed E-state index contributed by atoms with van der Waals surface area (Å²) in [4.78, 5) is 15.2. The molecule has 1 unspecified atom stereocenters. The molecule has 16 heavy (non-hydrogen) atoms. The molecular weight excluding hydrogens is 224 g/mol. The van der Waals surface area contributed by atoms with Crippen LogP contribution in [0.25, 0.3) is 0 Å². The van der Waals surface area contributed by atoms with Crippen LogP contribution in [0, 0.1) is 6.92 Å². The standard InChI is InChI=1S/C11H18N2O2S/c1-3-4-5-10(11(14)15)12-6-9-7-16-8(2)13-9/h7,10,12H,3-6H2,1-2H3,(H,14,15). The molecule has 0 saturated carbocycles. The van der Waals surface area contributed by atoms with Crippen molar-refractivity contribution in [3.05, 3.63) is 16.1 Å². The molecule has 0 saturated heterocycles. The smallest absolute Gasteiger partial charge is 0.320 e. The second-order valence-electron chi connectivity index (χ2n) is 3.77. The Kier molecular flexibility index (Phi) is 5.42. The van der Waals surface area contributed by atoms with Crippen molar-refractivity contribution < 1.29 is 9.90 Å². The van der Waals surface area contributed by atoms with E-state index < -0.39 is 12.0 Å². The fourth-order valence-electron chi connectivity index (χ4n) is 1.44. The molecule has 1 atom stereocenters. The summed E-state index contributed by atoms with van der Waals surface area (Å²) in [6.45, 7) is 4.54. The second kappa shape index (κ2) is 6.60. The van der Waals surface area contributed by atoms with Gasteiger partial charge in [-0.05, 0) is 13.3 Å². The monoisotopic (exact) mass is 242 g/mol. The van der Waals surface area contributed by atoms with Crippen LogP contribution >= 0.6 is 11.3 Å². The molecule has 90 valence electrons. The Hall–Kier alpha value is -0.940. The van der Waals surface area contributed by atoms with E-state index in [9.17, 15) is 4.79 Å². The minimum Gasteiger partial charge on any atom is -0.480 e. The van der Waals surface area contributed by atoms with Gasteiger partial charge in [0.05, 0.1) is 10.7 Å². The highest BCUT2D eigenvalue weighted by Crippen LogP contribution is 2.08. The van der Waals surface area contributed by atoms with Gasteiger partial charge in [0.2, 0.25) is 0 Å². The normalized spacial score (nSPS) is 12.6. The molecule has 1 heterocycles. The molecule has 1 aromatic rings. The van der Waals surface area contributed by atoms with E-state index in [0.29, 0.717) is 13.0 Å². The van der Waals surface area contributed by atoms with Crippen molar-refractivity contribution in [3.8, 4) is 0 Å². The molecule has 4 nitrogen and oxygen atoms in total. The second-order valence-corrected chi connectivity index (χ2v) is 4.83. The summed E-state index contributed by atoms with van der Waals surface area (Å²) in [6.07, 6.45) is 2.62. The minimum absolute atomic E-state index is 0.457. The third-order valence-electron chi connectivity index (χ3n) is 2.34. The number of carbonyl (C=O) groups is 1. The first-order valence-electron chi connectivity index (χ1n) is 5.50. The number of thiazole rings is 1. The third kappa shape index (κ3) is 4.28. The topological polar surface area (TPSA) is 62.2 Å². The Morgan fingerprint density at radius 2 is 2.44 bits per heavy atom. The minimum atomic E-state index is -0.777. The van der Waals surface area contributed by atoms with Gasteiger partial charge >= 0.3 is 5.97 Å². The number of rotatable bonds is 7. The number of carboxylic acid groups (broad SMARTS) is 1. The maximum Gasteiger partial charge on any atom is 0.320 e. The van der Waals surface area contributed by atoms with E-state index in [4.69, 9.17) is 5.11 Å². The van der Waals surface area contributed by atoms with Gasteiger partial charge < -0.3 is 5.11 Å². The predicted molar refractivity (Wildman–Crippen MR) is 64.6 cm³/mol. The van der Waals surface area contributed by atoms with Gasteiger partial charge in [-0.2, -0.15) is 0 Å². The first-order valence-corrected chi connectivity index (χ1v) is 6.38. The van der Waals surface area contributed by atoms with E-state index >= 15 is 0 Å². The molecule has 0 aliphatic rings. The molecule has 0 aliphatic carbocycles. The van der Waals surface area contributed by atoms with Crippen LogP contribution in [0.3, 0.4) is 0 Å². The lowest BCUT2D eigenvalue weighted by atomic mass is 10.1. The molecule has 1 rings (SSSR count). The molecule has 0 fully saturated rings. The van der Waals surface area contributed by atoms with Crippen molar-refractivity contribution >= 4 is 17.3 Å². The van der Waals surface area contributed by atoms with E-state index in [1.54, 1.807) is 11.3 Å². The van der Waals surface area contributed by atoms with Crippen molar-refractivity contribution in [2.45, 2.75) is 45.7 Å². The van der Waals surface area contributed by atoms with Gasteiger partial charge in [-0.1, -0.05) is 19.8 Å². The lowest BCUT2D eigenvalue weighted by Crippen LogP contribution is -2.36. The Balaban J connectivity index is 2.40. The van der Waals surface area contributed by atoms with Gasteiger partial charge in [0.15, 0.2) is 0 Å². The number of nitrogens with zero attached hydrogens (tertiary/aromatic N) is 1. The number of aliphatic carboxylic acids is 1. The molecule has 1 aromatic heterocycles. The van der Waals surface area contributed by atoms with Crippen LogP contribution in [0.4, 0.5) is 0 Å². The number of hydrogen-bond donors (Lipinski definition) is 2. The van der Waals surface area contributed by atoms with E-state index in [1.807, 2.05) is 12.3 Å². The van der Waals surface area contributed by atoms with Gasteiger partial charge in [-0.3, -0.25) is 10.1 Å². The zero-order chi connectivity index (χ0) is 12.0. The Morgan fingerprint density at radius 1 is 1.69 bits per heavy atom. The molecule has 0 aromatic carbocycles. The molecule has 2 N–H and O–H groups in total. The van der Waals surface area contributed by atoms with Crippen molar-refractivity contribution in [2.24, 2.45) is 0 Å². The van der Waals surface area contributed by atoms with E-state index in [1.165, 1.54) is 0 Å². The number of nitrogens with one attached hydrogen (secondary N) is 1. The number of aryl methyl sites for hydroxylation is 1. The highest BCUT2D eigenvalue weighted by Gasteiger charge is 2.15. The number of aromatic nitrogens is 1. The maximum absolute atomic E-state index is 11.0. The zero-order valence-electron chi connectivity index (χ0n) is 9.69. The molecule has 0 aliphatic heterocycles. The number of unbranched alkanes of at least 4 members (excludes halogenated alkanes) is 1. The average Bonchev–Trinajstić information content (AvgIpc) is 2.64. The Morgan fingerprint density at radius 3 is 2.94 bits per heavy atom. The van der Waals surface area contributed by atoms with Gasteiger partial charge in [0.25, 0.3) is 0 Å². The van der Waals surface area contributed by atoms with E-state index in [0.717, 1.165) is 23.5 Å². The lowest BCUT2D eigenvalue weighted by molar-refractivity contribution is -0.139. The largest absolute Gasteiger partial charge is 0.480 e. The van der Waals surface area contributed by atoms with Gasteiger partial charge in [0, 0.05) is 11.9 Å². The van der Waals surface area contributed by atoms with Crippen LogP contribution in [0.2, 0.25) is 0 Å². The van der Waals surface area contributed by atoms with Gasteiger partial charge in [0.1, 0.15) is 6.04 Å². The maximum atomic E-state index is 11.0. The Labute approximate surface area is 99.7 Å². The molecule has 0 bridgehead atoms. The molecule has 0 radical (unpaired) electrons. The van der Waals surface area contributed by atoms with Crippen LogP contribution in [-0.2, 0) is 11.3 Å². The third-order valence-corrected chi connectivity index (χ3v) is 3.16. The van der Waals surface area contributed by atoms with Crippen LogP contribution in [0.5, 0.6) is 0 Å². The summed E-state index contributed by atoms with van der Waals surface area (Å²) in [6, 6.07) is -0.457. The zero-order valence-corrected chi connectivity index (χ0v) is 10.5. The van der Waals surface area contributed by atoms with Crippen molar-refractivity contribution in [2.75, 3.05) is 0 Å². The molecule has 0 spiro atoms. The molecular formula is C11H18N2O2S. The fourth-order valence-corrected chi connectivity index (χ4v) is 2.05. The average molecular weight is 242 g/mol. The highest BCUT2D eigenvalue weighted by molar-refractivity contribution is 7.09. The SMILES string of the molecule is CCCCC(NCc1csc(C)n1)C(=O)O. The van der Waals surface area contributed by atoms with Gasteiger partial charge in [-0.25, -0.2) is 4.98 Å². The first-order chi connectivity index (χ1) is 7.63. The lowest BCUT2D eigenvalue weighted by Gasteiger charge is -2.12. The molecule has 5 heteroatoms. The van der Waals surface area contributed by atoms with Crippen LogP contribution < -0.4 is 5.32 Å². The van der Waals surface area contributed by atoms with E-state index in [2.05, 4.69) is 17.2 Å². The highest BCUT2D eigenvalue weighted by atomic mass is 32.1. The van der Waals surface area contributed by atoms with Crippen molar-refractivity contribution in [3.63, 3.8) is 0 Å². The summed E-state index contributed by atoms with van der Waals surface area (Å²) in [5, 5.41) is 15.0. The van der Waals surface area contributed by atoms with Crippen LogP contribution in [-0.4, -0.2) is 22.1 Å². The predicted octanol–water partition coefficient (Wildman–Crippen LogP) is 2.18. The van der Waals surface area contributed by atoms with Crippen molar-refractivity contribution in [1.82, 2.24) is 10.3 Å². The van der Waals surface area contributed by atoms with Gasteiger partial charge in [-0.15, -0.1) is 11.3 Å². The summed E-state index contributed by atoms with van der Waals surface area (Å²) < 4.78 is 0. The quantitative estimate of drug-likeness (QED) is 0.769. The fraction of sp³-hybridized carbons (Fsp3) is 0.636. The van der Waals surface area contributed by atoms with Crippen LogP contribution in [0.15, 0.2) is 5.38 Å². The van der Waals surface area contributed by atoms with Crippen molar-refractivity contribution in [1.29, 1.82) is 0 Å². The van der Waals surface area contributed by atoms with E-state index in [-0.39, 0.29) is 0 Å². The summed E-state index contributed by atoms with van der Waals surface area (Å²) in [5.74, 6) is -0.777. The first kappa shape index (κ1) is 13.1. The summed E-state index contributed by atoms with van der Waals surface area (Å²) >= 11 is 1.58. The summed E-state index contributed by atoms with van der Waals surface area (Å²) in [7, 11) is 0. The summed E-state index contributed by atoms with van der Waals surface area (Å²) in [5.41, 5.74) is 0.922.